The van der Waals surface area contributed by atoms with Crippen molar-refractivity contribution in [1.29, 1.82) is 0 Å². The summed E-state index contributed by atoms with van der Waals surface area (Å²) in [5.74, 6) is 0.547. The summed E-state index contributed by atoms with van der Waals surface area (Å²) in [4.78, 5) is 11.6. The first-order valence-corrected chi connectivity index (χ1v) is 10.8. The van der Waals surface area contributed by atoms with Crippen LogP contribution in [-0.2, 0) is 14.8 Å². The van der Waals surface area contributed by atoms with Crippen LogP contribution in [0.5, 0.6) is 5.75 Å². The molecule has 0 radical (unpaired) electrons. The van der Waals surface area contributed by atoms with Crippen LogP contribution in [0.4, 0.5) is 5.69 Å². The van der Waals surface area contributed by atoms with E-state index in [1.807, 2.05) is 26.8 Å². The number of hydrogen-bond donors (Lipinski definition) is 0. The maximum atomic E-state index is 13.4. The van der Waals surface area contributed by atoms with Gasteiger partial charge in [-0.15, -0.1) is 0 Å². The Hall–Kier alpha value is -2.05. The van der Waals surface area contributed by atoms with E-state index in [0.717, 1.165) is 17.4 Å². The van der Waals surface area contributed by atoms with Crippen LogP contribution in [0, 0.1) is 12.3 Å². The van der Waals surface area contributed by atoms with E-state index >= 15 is 0 Å². The highest BCUT2D eigenvalue weighted by Crippen LogP contribution is 2.45. The minimum Gasteiger partial charge on any atom is -0.497 e. The van der Waals surface area contributed by atoms with Gasteiger partial charge in [-0.25, -0.2) is 8.42 Å². The van der Waals surface area contributed by atoms with Crippen LogP contribution in [0.3, 0.4) is 0 Å². The number of aldehydes is 1. The van der Waals surface area contributed by atoms with Crippen LogP contribution < -0.4 is 9.04 Å². The number of carbonyl (C=O) groups is 1. The Morgan fingerprint density at radius 3 is 2.57 bits per heavy atom. The zero-order valence-corrected chi connectivity index (χ0v) is 18.0. The Bertz CT molecular complexity index is 1020. The summed E-state index contributed by atoms with van der Waals surface area (Å²) in [6.45, 7) is 5.81. The molecule has 1 heterocycles. The second kappa shape index (κ2) is 7.41. The van der Waals surface area contributed by atoms with Gasteiger partial charge in [-0.05, 0) is 54.8 Å². The van der Waals surface area contributed by atoms with Crippen molar-refractivity contribution in [2.75, 3.05) is 18.0 Å². The predicted octanol–water partition coefficient (Wildman–Crippen LogP) is 4.56. The molecule has 2 aromatic rings. The number of fused-ring (bicyclic) bond motifs is 1. The average Bonchev–Trinajstić information content (AvgIpc) is 3.01. The zero-order valence-electron chi connectivity index (χ0n) is 16.4. The van der Waals surface area contributed by atoms with Crippen molar-refractivity contribution in [1.82, 2.24) is 0 Å². The van der Waals surface area contributed by atoms with Gasteiger partial charge in [0.05, 0.1) is 17.7 Å². The Morgan fingerprint density at radius 2 is 1.96 bits per heavy atom. The lowest BCUT2D eigenvalue weighted by Crippen LogP contribution is -2.31. The maximum Gasteiger partial charge on any atom is 0.264 e. The summed E-state index contributed by atoms with van der Waals surface area (Å²) < 4.78 is 33.5. The number of nitrogens with zero attached hydrogens (tertiary/aromatic N) is 1. The molecule has 0 spiro atoms. The lowest BCUT2D eigenvalue weighted by atomic mass is 9.82. The highest BCUT2D eigenvalue weighted by molar-refractivity contribution is 7.92. The van der Waals surface area contributed by atoms with Crippen LogP contribution in [0.2, 0.25) is 5.02 Å². The van der Waals surface area contributed by atoms with Crippen LogP contribution in [-0.4, -0.2) is 28.4 Å². The van der Waals surface area contributed by atoms with Crippen LogP contribution in [0.1, 0.15) is 37.3 Å². The lowest BCUT2D eigenvalue weighted by molar-refractivity contribution is -0.115. The molecule has 5 nitrogen and oxygen atoms in total. The van der Waals surface area contributed by atoms with Gasteiger partial charge in [-0.3, -0.25) is 4.31 Å². The molecule has 0 aliphatic carbocycles. The second-order valence-electron chi connectivity index (χ2n) is 7.88. The first-order chi connectivity index (χ1) is 13.1. The topological polar surface area (TPSA) is 63.7 Å². The number of rotatable bonds is 6. The van der Waals surface area contributed by atoms with Gasteiger partial charge < -0.3 is 9.53 Å². The van der Waals surface area contributed by atoms with Gasteiger partial charge in [0.15, 0.2) is 0 Å². The number of anilines is 1. The third kappa shape index (κ3) is 3.76. The number of methoxy groups -OCH3 is 1. The molecule has 1 atom stereocenters. The number of benzene rings is 2. The maximum absolute atomic E-state index is 13.4. The fourth-order valence-electron chi connectivity index (χ4n) is 3.56. The third-order valence-corrected chi connectivity index (χ3v) is 7.34. The van der Waals surface area contributed by atoms with Gasteiger partial charge in [-0.2, -0.15) is 0 Å². The Kier molecular flexibility index (Phi) is 5.47. The van der Waals surface area contributed by atoms with Crippen molar-refractivity contribution in [2.24, 2.45) is 5.41 Å². The number of sulfonamides is 1. The van der Waals surface area contributed by atoms with E-state index in [9.17, 15) is 13.2 Å². The smallest absolute Gasteiger partial charge is 0.264 e. The minimum absolute atomic E-state index is 0.110. The largest absolute Gasteiger partial charge is 0.497 e. The quantitative estimate of drug-likeness (QED) is 0.641. The van der Waals surface area contributed by atoms with E-state index in [2.05, 4.69) is 0 Å². The molecule has 0 N–H and O–H groups in total. The highest BCUT2D eigenvalue weighted by atomic mass is 35.5. The minimum atomic E-state index is -3.79. The predicted molar refractivity (Wildman–Crippen MR) is 111 cm³/mol. The first kappa shape index (κ1) is 20.7. The van der Waals surface area contributed by atoms with Crippen molar-refractivity contribution in [3.05, 3.63) is 52.5 Å². The summed E-state index contributed by atoms with van der Waals surface area (Å²) in [5.41, 5.74) is 1.75. The van der Waals surface area contributed by atoms with Crippen LogP contribution >= 0.6 is 11.6 Å². The number of hydrogen-bond acceptors (Lipinski definition) is 4. The van der Waals surface area contributed by atoms with E-state index in [1.165, 1.54) is 10.4 Å². The molecule has 28 heavy (non-hydrogen) atoms. The van der Waals surface area contributed by atoms with E-state index in [-0.39, 0.29) is 17.4 Å². The first-order valence-electron chi connectivity index (χ1n) is 9.02. The van der Waals surface area contributed by atoms with Crippen molar-refractivity contribution in [3.63, 3.8) is 0 Å². The number of carbonyl (C=O) groups excluding carboxylic acids is 1. The molecule has 1 aliphatic heterocycles. The monoisotopic (exact) mass is 421 g/mol. The Morgan fingerprint density at radius 1 is 1.25 bits per heavy atom. The normalized spacial score (nSPS) is 16.8. The molecule has 7 heteroatoms. The molecular weight excluding hydrogens is 398 g/mol. The number of aryl methyl sites for hydroxylation is 1. The van der Waals surface area contributed by atoms with Gasteiger partial charge in [0.25, 0.3) is 10.0 Å². The molecule has 3 rings (SSSR count). The number of halogens is 1. The van der Waals surface area contributed by atoms with Crippen molar-refractivity contribution < 1.29 is 17.9 Å². The van der Waals surface area contributed by atoms with E-state index in [1.54, 1.807) is 31.4 Å². The fourth-order valence-corrected chi connectivity index (χ4v) is 5.37. The molecule has 0 saturated heterocycles. The standard InChI is InChI=1S/C21H24ClNO4S/c1-14-5-7-17(10-19(14)22)28(25,26)23-12-15(11-21(2,3)13-24)18-9-16(27-4)6-8-20(18)23/h5-10,13,15H,11-12H2,1-4H3. The van der Waals surface area contributed by atoms with Crippen molar-refractivity contribution >= 4 is 33.6 Å². The molecule has 0 fully saturated rings. The molecule has 0 aromatic heterocycles. The molecule has 150 valence electrons. The zero-order chi connectivity index (χ0) is 20.7. The lowest BCUT2D eigenvalue weighted by Gasteiger charge is -2.23. The van der Waals surface area contributed by atoms with Gasteiger partial charge in [0, 0.05) is 22.9 Å². The molecule has 1 aliphatic rings. The third-order valence-electron chi connectivity index (χ3n) is 5.15. The average molecular weight is 422 g/mol. The number of ether oxygens (including phenoxy) is 1. The second-order valence-corrected chi connectivity index (χ2v) is 10.1. The highest BCUT2D eigenvalue weighted by Gasteiger charge is 2.39. The Labute approximate surface area is 171 Å². The fraction of sp³-hybridized carbons (Fsp3) is 0.381. The summed E-state index contributed by atoms with van der Waals surface area (Å²) in [7, 11) is -2.21. The van der Waals surface area contributed by atoms with E-state index in [4.69, 9.17) is 16.3 Å². The van der Waals surface area contributed by atoms with Crippen LogP contribution in [0.15, 0.2) is 41.3 Å². The van der Waals surface area contributed by atoms with Gasteiger partial charge in [0.2, 0.25) is 0 Å². The van der Waals surface area contributed by atoms with Crippen LogP contribution in [0.25, 0.3) is 0 Å². The van der Waals surface area contributed by atoms with Crippen molar-refractivity contribution in [3.8, 4) is 5.75 Å². The molecule has 0 bridgehead atoms. The van der Waals surface area contributed by atoms with E-state index in [0.29, 0.717) is 22.9 Å². The molecule has 0 amide bonds. The SMILES string of the molecule is COc1ccc2c(c1)C(CC(C)(C)C=O)CN2S(=O)(=O)c1ccc(C)c(Cl)c1. The summed E-state index contributed by atoms with van der Waals surface area (Å²) in [6, 6.07) is 10.1. The molecule has 0 saturated carbocycles. The van der Waals surface area contributed by atoms with Crippen molar-refractivity contribution in [2.45, 2.75) is 38.0 Å². The summed E-state index contributed by atoms with van der Waals surface area (Å²) in [6.07, 6.45) is 1.46. The molecule has 2 aromatic carbocycles. The van der Waals surface area contributed by atoms with E-state index < -0.39 is 15.4 Å². The summed E-state index contributed by atoms with van der Waals surface area (Å²) in [5, 5.41) is 0.411. The molecular formula is C21H24ClNO4S. The Balaban J connectivity index is 2.07. The summed E-state index contributed by atoms with van der Waals surface area (Å²) >= 11 is 6.16. The van der Waals surface area contributed by atoms with Gasteiger partial charge in [-0.1, -0.05) is 31.5 Å². The van der Waals surface area contributed by atoms with Gasteiger partial charge >= 0.3 is 0 Å². The molecule has 1 unspecified atom stereocenters. The van der Waals surface area contributed by atoms with Gasteiger partial charge in [0.1, 0.15) is 12.0 Å².